The molecule has 0 bridgehead atoms. The van der Waals surface area contributed by atoms with Crippen LogP contribution < -0.4 is 10.0 Å². The van der Waals surface area contributed by atoms with Crippen LogP contribution in [0.5, 0.6) is 0 Å². The quantitative estimate of drug-likeness (QED) is 0.214. The third kappa shape index (κ3) is 4.37. The number of rotatable bonds is 8. The molecule has 3 heterocycles. The van der Waals surface area contributed by atoms with Crippen molar-refractivity contribution in [1.82, 2.24) is 14.3 Å². The summed E-state index contributed by atoms with van der Waals surface area (Å²) in [6.07, 6.45) is 1.71. The molecule has 1 atom stereocenters. The number of likely N-dealkylation sites (N-methyl/N-ethyl adjacent to an activating group) is 1. The summed E-state index contributed by atoms with van der Waals surface area (Å²) in [5.41, 5.74) is 2.12. The van der Waals surface area contributed by atoms with Gasteiger partial charge in [-0.15, -0.1) is 0 Å². The molecule has 188 valence electrons. The first-order valence-electron chi connectivity index (χ1n) is 12.0. The van der Waals surface area contributed by atoms with Gasteiger partial charge in [0.25, 0.3) is 5.91 Å². The van der Waals surface area contributed by atoms with Crippen molar-refractivity contribution in [2.75, 3.05) is 33.3 Å². The fraction of sp³-hybridized carbons (Fsp3) is 0.333. The molecule has 1 aliphatic rings. The Balaban J connectivity index is 1.86. The van der Waals surface area contributed by atoms with E-state index in [2.05, 4.69) is 18.8 Å². The number of ketones is 1. The second kappa shape index (κ2) is 10.3. The first-order valence-corrected chi connectivity index (χ1v) is 12.0. The van der Waals surface area contributed by atoms with Crippen molar-refractivity contribution in [3.05, 3.63) is 76.7 Å². The van der Waals surface area contributed by atoms with Crippen LogP contribution in [-0.2, 0) is 14.3 Å². The number of carbonyl (C=O) groups excluding carboxylic acids is 3. The summed E-state index contributed by atoms with van der Waals surface area (Å²) in [7, 11) is 1.30. The number of pyridine rings is 1. The van der Waals surface area contributed by atoms with Gasteiger partial charge in [0.15, 0.2) is 0 Å². The Kier molecular flexibility index (Phi) is 7.21. The number of aromatic nitrogens is 2. The number of hydrogen-bond acceptors (Lipinski definition) is 6. The lowest BCUT2D eigenvalue weighted by molar-refractivity contribution is -0.895. The predicted octanol–water partition coefficient (Wildman–Crippen LogP) is 0.578. The third-order valence-electron chi connectivity index (χ3n) is 6.80. The van der Waals surface area contributed by atoms with Gasteiger partial charge in [-0.05, 0) is 50.6 Å². The van der Waals surface area contributed by atoms with Gasteiger partial charge >= 0.3 is 5.97 Å². The lowest BCUT2D eigenvalue weighted by atomic mass is 9.95. The number of imidazole rings is 1. The molecular weight excluding hydrogens is 460 g/mol. The van der Waals surface area contributed by atoms with Gasteiger partial charge in [0.1, 0.15) is 5.65 Å². The van der Waals surface area contributed by atoms with Crippen molar-refractivity contribution in [3.63, 3.8) is 0 Å². The van der Waals surface area contributed by atoms with Crippen molar-refractivity contribution < 1.29 is 29.1 Å². The normalized spacial score (nSPS) is 17.4. The van der Waals surface area contributed by atoms with Crippen LogP contribution in [0.4, 0.5) is 0 Å². The van der Waals surface area contributed by atoms with E-state index in [9.17, 15) is 19.5 Å². The molecule has 1 saturated heterocycles. The summed E-state index contributed by atoms with van der Waals surface area (Å²) in [4.78, 5) is 45.7. The van der Waals surface area contributed by atoms with E-state index in [0.717, 1.165) is 13.1 Å². The van der Waals surface area contributed by atoms with E-state index in [4.69, 9.17) is 4.74 Å². The molecule has 1 aliphatic heterocycles. The van der Waals surface area contributed by atoms with Crippen LogP contribution >= 0.6 is 0 Å². The third-order valence-corrected chi connectivity index (χ3v) is 6.80. The number of Topliss-reactive ketones (excluding diaryl/α,β-unsaturated/α-hetero) is 1. The maximum atomic E-state index is 13.9. The molecule has 1 unspecified atom stereocenters. The fourth-order valence-electron chi connectivity index (χ4n) is 4.76. The number of methoxy groups -OCH3 is 1. The van der Waals surface area contributed by atoms with E-state index in [-0.39, 0.29) is 11.3 Å². The number of likely N-dealkylation sites (tertiary alicyclic amines) is 1. The summed E-state index contributed by atoms with van der Waals surface area (Å²) >= 11 is 0. The first kappa shape index (κ1) is 25.1. The topological polar surface area (TPSA) is 108 Å². The highest BCUT2D eigenvalue weighted by molar-refractivity contribution is 6.46. The molecule has 0 spiro atoms. The SMILES string of the molecule is CC[NH+](CC)CCN1C(=O)C(=O)/C(=C(/[O-])c2c(C)nc3ccccn23)C1c1ccc(C(=O)OC)cc1. The van der Waals surface area contributed by atoms with E-state index < -0.39 is 29.5 Å². The zero-order chi connectivity index (χ0) is 26.0. The van der Waals surface area contributed by atoms with Gasteiger partial charge in [0, 0.05) is 11.8 Å². The number of carbonyl (C=O) groups is 3. The highest BCUT2D eigenvalue weighted by Gasteiger charge is 2.44. The number of aryl methyl sites for hydroxylation is 1. The number of benzene rings is 1. The molecule has 0 radical (unpaired) electrons. The van der Waals surface area contributed by atoms with E-state index in [0.29, 0.717) is 35.6 Å². The highest BCUT2D eigenvalue weighted by atomic mass is 16.5. The van der Waals surface area contributed by atoms with Crippen LogP contribution in [0.15, 0.2) is 54.2 Å². The standard InChI is InChI=1S/C27H30N4O5/c1-5-29(6-2)15-16-31-23(18-10-12-19(13-11-18)27(35)36-4)21(25(33)26(31)34)24(32)22-17(3)28-20-9-7-8-14-30(20)22/h7-14,23,32H,5-6,15-16H2,1-4H3/b24-21+. The van der Waals surface area contributed by atoms with Crippen molar-refractivity contribution >= 4 is 29.1 Å². The molecule has 3 aromatic rings. The number of nitrogens with zero attached hydrogens (tertiary/aromatic N) is 3. The predicted molar refractivity (Wildman–Crippen MR) is 131 cm³/mol. The van der Waals surface area contributed by atoms with E-state index in [1.807, 2.05) is 6.07 Å². The van der Waals surface area contributed by atoms with Crippen LogP contribution in [0.2, 0.25) is 0 Å². The van der Waals surface area contributed by atoms with Crippen LogP contribution in [0, 0.1) is 6.92 Å². The summed E-state index contributed by atoms with van der Waals surface area (Å²) in [5, 5.41) is 13.9. The monoisotopic (exact) mass is 490 g/mol. The fourth-order valence-corrected chi connectivity index (χ4v) is 4.76. The van der Waals surface area contributed by atoms with Gasteiger partial charge < -0.3 is 24.0 Å². The minimum atomic E-state index is -0.868. The minimum absolute atomic E-state index is 0.103. The van der Waals surface area contributed by atoms with Crippen molar-refractivity contribution in [2.45, 2.75) is 26.8 Å². The molecule has 1 N–H and O–H groups in total. The summed E-state index contributed by atoms with van der Waals surface area (Å²) < 4.78 is 6.42. The molecule has 1 amide bonds. The Hall–Kier alpha value is -3.98. The minimum Gasteiger partial charge on any atom is -0.871 e. The maximum Gasteiger partial charge on any atom is 0.337 e. The van der Waals surface area contributed by atoms with Crippen molar-refractivity contribution in [2.24, 2.45) is 0 Å². The molecule has 4 rings (SSSR count). The average molecular weight is 491 g/mol. The number of nitrogens with one attached hydrogen (secondary N) is 1. The number of quaternary nitrogens is 1. The van der Waals surface area contributed by atoms with E-state index in [1.165, 1.54) is 16.9 Å². The molecule has 0 aliphatic carbocycles. The number of amides is 1. The Labute approximate surface area is 209 Å². The molecule has 0 saturated carbocycles. The van der Waals surface area contributed by atoms with Crippen LogP contribution in [0.1, 0.15) is 47.2 Å². The Bertz CT molecular complexity index is 1340. The number of hydrogen-bond donors (Lipinski definition) is 1. The molecule has 1 fully saturated rings. The van der Waals surface area contributed by atoms with Gasteiger partial charge in [-0.3, -0.25) is 9.59 Å². The molecule has 1 aromatic carbocycles. The van der Waals surface area contributed by atoms with E-state index in [1.54, 1.807) is 53.9 Å². The molecule has 9 heteroatoms. The van der Waals surface area contributed by atoms with Gasteiger partial charge in [-0.2, -0.15) is 0 Å². The average Bonchev–Trinajstić information content (AvgIpc) is 3.36. The molecule has 9 nitrogen and oxygen atoms in total. The van der Waals surface area contributed by atoms with Crippen molar-refractivity contribution in [3.8, 4) is 0 Å². The molecular formula is C27H30N4O5. The second-order valence-corrected chi connectivity index (χ2v) is 8.77. The van der Waals surface area contributed by atoms with Gasteiger partial charge in [0.05, 0.1) is 56.3 Å². The Morgan fingerprint density at radius 2 is 1.81 bits per heavy atom. The van der Waals surface area contributed by atoms with Gasteiger partial charge in [0.2, 0.25) is 5.78 Å². The smallest absolute Gasteiger partial charge is 0.337 e. The number of ether oxygens (including phenoxy) is 1. The van der Waals surface area contributed by atoms with Crippen LogP contribution in [-0.4, -0.2) is 65.2 Å². The second-order valence-electron chi connectivity index (χ2n) is 8.77. The molecule has 36 heavy (non-hydrogen) atoms. The van der Waals surface area contributed by atoms with E-state index >= 15 is 0 Å². The van der Waals surface area contributed by atoms with Crippen molar-refractivity contribution in [1.29, 1.82) is 0 Å². The Morgan fingerprint density at radius 1 is 1.11 bits per heavy atom. The van der Waals surface area contributed by atoms with Gasteiger partial charge in [-0.25, -0.2) is 9.78 Å². The zero-order valence-electron chi connectivity index (χ0n) is 20.9. The largest absolute Gasteiger partial charge is 0.871 e. The summed E-state index contributed by atoms with van der Waals surface area (Å²) in [6.45, 7) is 8.54. The summed E-state index contributed by atoms with van der Waals surface area (Å²) in [6, 6.07) is 11.0. The number of fused-ring (bicyclic) bond motifs is 1. The molecule has 2 aromatic heterocycles. The lowest BCUT2D eigenvalue weighted by Gasteiger charge is -2.28. The van der Waals surface area contributed by atoms with Gasteiger partial charge in [-0.1, -0.05) is 24.0 Å². The van der Waals surface area contributed by atoms with Crippen LogP contribution in [0.25, 0.3) is 11.4 Å². The lowest BCUT2D eigenvalue weighted by Crippen LogP contribution is -3.12. The summed E-state index contributed by atoms with van der Waals surface area (Å²) in [5.74, 6) is -2.52. The van der Waals surface area contributed by atoms with Crippen LogP contribution in [0.3, 0.4) is 0 Å². The Morgan fingerprint density at radius 3 is 2.44 bits per heavy atom. The first-order chi connectivity index (χ1) is 17.3. The zero-order valence-corrected chi connectivity index (χ0v) is 20.9. The number of esters is 1. The maximum absolute atomic E-state index is 13.9. The highest BCUT2D eigenvalue weighted by Crippen LogP contribution is 2.39.